The third-order valence-electron chi connectivity index (χ3n) is 16.6. The number of rotatable bonds is 49. The lowest BCUT2D eigenvalue weighted by atomic mass is 9.96. The summed E-state index contributed by atoms with van der Waals surface area (Å²) in [7, 11) is 0. The molecule has 478 valence electrons. The molecule has 0 radical (unpaired) electrons. The highest BCUT2D eigenvalue weighted by atomic mass is 16.8. The van der Waals surface area contributed by atoms with Crippen LogP contribution >= 0.6 is 0 Å². The highest BCUT2D eigenvalue weighted by Crippen LogP contribution is 2.33. The molecule has 12 N–H and O–H groups in total. The van der Waals surface area contributed by atoms with Gasteiger partial charge in [0.05, 0.1) is 38.6 Å². The van der Waals surface area contributed by atoms with E-state index in [9.17, 15) is 61.0 Å². The lowest BCUT2D eigenvalue weighted by Gasteiger charge is -2.48. The Morgan fingerprint density at radius 1 is 0.432 bits per heavy atom. The van der Waals surface area contributed by atoms with E-state index in [0.717, 1.165) is 44.9 Å². The Kier molecular flexibility index (Phi) is 41.7. The number of nitrogens with one attached hydrogen (secondary N) is 1. The summed E-state index contributed by atoms with van der Waals surface area (Å²) in [5.74, 6) is -0.272. The van der Waals surface area contributed by atoms with E-state index >= 15 is 0 Å². The summed E-state index contributed by atoms with van der Waals surface area (Å²) in [6, 6.07) is -0.967. The SMILES string of the molecule is CCCCCCCCCCCCCCCCCCCCC/C=C/C(O)C(COC1OC(CO)C(OC2OC(CO)C(OC3OC(CO)C(O)C(O)C3O)C(O)C2O)C(O)C1O)NC(=O)CCCCCCCCCCCCCCCCC. The van der Waals surface area contributed by atoms with Gasteiger partial charge in [-0.15, -0.1) is 0 Å². The Bertz CT molecular complexity index is 1530. The number of amides is 1. The number of carbonyl (C=O) groups is 1. The lowest BCUT2D eigenvalue weighted by Crippen LogP contribution is -2.66. The van der Waals surface area contributed by atoms with Crippen LogP contribution in [0.3, 0.4) is 0 Å². The molecule has 3 heterocycles. The topological polar surface area (TPSA) is 307 Å². The van der Waals surface area contributed by atoms with E-state index in [0.29, 0.717) is 6.42 Å². The maximum Gasteiger partial charge on any atom is 0.220 e. The number of aliphatic hydroxyl groups is 11. The molecule has 0 aromatic rings. The Hall–Kier alpha value is -1.47. The van der Waals surface area contributed by atoms with E-state index in [1.165, 1.54) is 173 Å². The lowest BCUT2D eigenvalue weighted by molar-refractivity contribution is -0.379. The third kappa shape index (κ3) is 29.2. The van der Waals surface area contributed by atoms with Crippen LogP contribution < -0.4 is 5.32 Å². The minimum atomic E-state index is -1.97. The molecule has 81 heavy (non-hydrogen) atoms. The molecule has 0 aromatic carbocycles. The van der Waals surface area contributed by atoms with Gasteiger partial charge in [0.1, 0.15) is 73.2 Å². The first-order valence-electron chi connectivity index (χ1n) is 32.4. The van der Waals surface area contributed by atoms with E-state index < -0.39 is 124 Å². The van der Waals surface area contributed by atoms with Crippen LogP contribution in [0.4, 0.5) is 0 Å². The number of hydrogen-bond acceptors (Lipinski definition) is 18. The average molecular weight is 1160 g/mol. The van der Waals surface area contributed by atoms with Crippen LogP contribution in [0.1, 0.15) is 245 Å². The van der Waals surface area contributed by atoms with E-state index in [1.807, 2.05) is 6.08 Å². The molecular weight excluding hydrogens is 1050 g/mol. The summed E-state index contributed by atoms with van der Waals surface area (Å²) in [5, 5.41) is 120. The molecule has 19 nitrogen and oxygen atoms in total. The molecule has 0 aliphatic carbocycles. The predicted molar refractivity (Wildman–Crippen MR) is 310 cm³/mol. The van der Waals surface area contributed by atoms with Crippen LogP contribution in [0.15, 0.2) is 12.2 Å². The van der Waals surface area contributed by atoms with Gasteiger partial charge < -0.3 is 89.9 Å². The van der Waals surface area contributed by atoms with Crippen molar-refractivity contribution in [2.45, 2.75) is 349 Å². The Morgan fingerprint density at radius 2 is 0.765 bits per heavy atom. The van der Waals surface area contributed by atoms with E-state index in [4.69, 9.17) is 28.4 Å². The van der Waals surface area contributed by atoms with Crippen molar-refractivity contribution in [2.24, 2.45) is 0 Å². The van der Waals surface area contributed by atoms with Gasteiger partial charge in [-0.3, -0.25) is 4.79 Å². The molecule has 0 saturated carbocycles. The molecule has 3 aliphatic rings. The minimum Gasteiger partial charge on any atom is -0.394 e. The average Bonchev–Trinajstić information content (AvgIpc) is 3.51. The number of aliphatic hydroxyl groups excluding tert-OH is 11. The maximum absolute atomic E-state index is 13.3. The number of carbonyl (C=O) groups excluding carboxylic acids is 1. The van der Waals surface area contributed by atoms with Crippen LogP contribution in [0.2, 0.25) is 0 Å². The highest BCUT2D eigenvalue weighted by molar-refractivity contribution is 5.76. The van der Waals surface area contributed by atoms with Gasteiger partial charge in [0.15, 0.2) is 18.9 Å². The van der Waals surface area contributed by atoms with Gasteiger partial charge in [0.25, 0.3) is 0 Å². The predicted octanol–water partition coefficient (Wildman–Crippen LogP) is 6.94. The van der Waals surface area contributed by atoms with Crippen molar-refractivity contribution in [3.8, 4) is 0 Å². The van der Waals surface area contributed by atoms with E-state index in [-0.39, 0.29) is 18.9 Å². The molecule has 3 rings (SSSR count). The van der Waals surface area contributed by atoms with Crippen molar-refractivity contribution >= 4 is 5.91 Å². The molecule has 1 amide bonds. The first-order chi connectivity index (χ1) is 39.3. The largest absolute Gasteiger partial charge is 0.394 e. The molecule has 0 spiro atoms. The molecule has 17 unspecified atom stereocenters. The molecule has 3 aliphatic heterocycles. The maximum atomic E-state index is 13.3. The first kappa shape index (κ1) is 73.8. The monoisotopic (exact) mass is 1160 g/mol. The van der Waals surface area contributed by atoms with Crippen molar-refractivity contribution in [3.05, 3.63) is 12.2 Å². The van der Waals surface area contributed by atoms with E-state index in [1.54, 1.807) is 6.08 Å². The number of allylic oxidation sites excluding steroid dienone is 1. The molecule has 3 fully saturated rings. The second kappa shape index (κ2) is 45.8. The van der Waals surface area contributed by atoms with Crippen molar-refractivity contribution in [2.75, 3.05) is 26.4 Å². The van der Waals surface area contributed by atoms with Crippen LogP contribution in [0.5, 0.6) is 0 Å². The Balaban J connectivity index is 1.47. The fourth-order valence-electron chi connectivity index (χ4n) is 11.3. The molecule has 19 heteroatoms. The first-order valence-corrected chi connectivity index (χ1v) is 32.4. The van der Waals surface area contributed by atoms with Crippen molar-refractivity contribution < 1.29 is 89.4 Å². The van der Waals surface area contributed by atoms with Gasteiger partial charge in [0.2, 0.25) is 5.91 Å². The molecule has 17 atom stereocenters. The fraction of sp³-hybridized carbons (Fsp3) is 0.952. The van der Waals surface area contributed by atoms with Crippen LogP contribution in [-0.2, 0) is 33.2 Å². The van der Waals surface area contributed by atoms with Gasteiger partial charge in [-0.2, -0.15) is 0 Å². The zero-order valence-electron chi connectivity index (χ0n) is 50.0. The summed E-state index contributed by atoms with van der Waals surface area (Å²) in [4.78, 5) is 13.3. The van der Waals surface area contributed by atoms with Crippen molar-refractivity contribution in [3.63, 3.8) is 0 Å². The molecular formula is C62H117NO18. The molecule has 0 bridgehead atoms. The molecule has 3 saturated heterocycles. The van der Waals surface area contributed by atoms with Crippen molar-refractivity contribution in [1.82, 2.24) is 5.32 Å². The van der Waals surface area contributed by atoms with Crippen LogP contribution in [0.25, 0.3) is 0 Å². The quantitative estimate of drug-likeness (QED) is 0.0217. The van der Waals surface area contributed by atoms with Gasteiger partial charge >= 0.3 is 0 Å². The fourth-order valence-corrected chi connectivity index (χ4v) is 11.3. The number of ether oxygens (including phenoxy) is 6. The van der Waals surface area contributed by atoms with Crippen molar-refractivity contribution in [1.29, 1.82) is 0 Å². The Labute approximate surface area is 486 Å². The summed E-state index contributed by atoms with van der Waals surface area (Å²) in [6.07, 6.45) is 20.4. The van der Waals surface area contributed by atoms with Gasteiger partial charge in [-0.05, 0) is 19.3 Å². The minimum absolute atomic E-state index is 0.249. The van der Waals surface area contributed by atoms with Crippen LogP contribution in [0, 0.1) is 0 Å². The second-order valence-corrected chi connectivity index (χ2v) is 23.6. The van der Waals surface area contributed by atoms with Gasteiger partial charge in [-0.25, -0.2) is 0 Å². The smallest absolute Gasteiger partial charge is 0.220 e. The van der Waals surface area contributed by atoms with Gasteiger partial charge in [-0.1, -0.05) is 231 Å². The number of unbranched alkanes of at least 4 members (excludes halogenated alkanes) is 33. The summed E-state index contributed by atoms with van der Waals surface area (Å²) in [5.41, 5.74) is 0. The standard InChI is InChI=1S/C62H117NO18/c1-3-5-7-9-11-13-15-17-19-20-21-22-23-24-26-27-29-31-33-35-37-39-46(67)45(63-50(68)40-38-36-34-32-30-28-25-18-16-14-12-10-8-6-4-2)44-76-60-56(74)53(71)58(48(42-65)78-60)81-62-57(75)54(72)59(49(43-66)79-62)80-61-55(73)52(70)51(69)47(41-64)77-61/h37,39,45-49,51-62,64-67,69-75H,3-36,38,40-44H2,1-2H3,(H,63,68)/b39-37+. The zero-order valence-corrected chi connectivity index (χ0v) is 50.0. The highest BCUT2D eigenvalue weighted by Gasteiger charge is 2.53. The number of hydrogen-bond donors (Lipinski definition) is 12. The normalized spacial score (nSPS) is 29.8. The summed E-state index contributed by atoms with van der Waals surface area (Å²) >= 11 is 0. The van der Waals surface area contributed by atoms with E-state index in [2.05, 4.69) is 19.2 Å². The zero-order chi connectivity index (χ0) is 59.0. The van der Waals surface area contributed by atoms with Gasteiger partial charge in [0, 0.05) is 6.42 Å². The Morgan fingerprint density at radius 3 is 1.16 bits per heavy atom. The summed E-state index contributed by atoms with van der Waals surface area (Å²) in [6.45, 7) is 1.75. The third-order valence-corrected chi connectivity index (χ3v) is 16.6. The molecule has 0 aromatic heterocycles. The van der Waals surface area contributed by atoms with Crippen LogP contribution in [-0.4, -0.2) is 193 Å². The summed E-state index contributed by atoms with van der Waals surface area (Å²) < 4.78 is 34.3. The second-order valence-electron chi connectivity index (χ2n) is 23.6.